The molecule has 2 amide bonds. The molecular formula is C30H24FNO6. The zero-order chi connectivity index (χ0) is 26.8. The Kier molecular flexibility index (Phi) is 6.79. The number of hydrogen-bond acceptors (Lipinski definition) is 5. The zero-order valence-corrected chi connectivity index (χ0v) is 20.6. The summed E-state index contributed by atoms with van der Waals surface area (Å²) in [7, 11) is 0. The Morgan fingerprint density at radius 3 is 2.05 bits per heavy atom. The van der Waals surface area contributed by atoms with E-state index in [1.54, 1.807) is 12.1 Å². The van der Waals surface area contributed by atoms with Gasteiger partial charge in [0.25, 0.3) is 11.8 Å². The van der Waals surface area contributed by atoms with Crippen LogP contribution in [0.1, 0.15) is 45.2 Å². The van der Waals surface area contributed by atoms with Crippen LogP contribution in [-0.4, -0.2) is 29.5 Å². The number of anilines is 1. The molecule has 0 aliphatic carbocycles. The van der Waals surface area contributed by atoms with Crippen molar-refractivity contribution in [3.63, 3.8) is 0 Å². The standard InChI is InChI=1S/C30H24FNO6/c1-2-14-37-27-21-10-6-7-11-22(21)28(38-17-18-8-4-3-5-9-18)26-25(27)29(35)32(30(26)36)20-13-12-19(15-24(33)34)23(31)16-20/h3-13,16H,2,14-15,17H2,1H3,(H,33,34). The van der Waals surface area contributed by atoms with Crippen molar-refractivity contribution in [1.29, 1.82) is 0 Å². The molecule has 7 nitrogen and oxygen atoms in total. The van der Waals surface area contributed by atoms with Gasteiger partial charge in [-0.3, -0.25) is 14.4 Å². The molecule has 4 aromatic rings. The van der Waals surface area contributed by atoms with Gasteiger partial charge in [0.05, 0.1) is 29.8 Å². The van der Waals surface area contributed by atoms with Gasteiger partial charge >= 0.3 is 5.97 Å². The number of imide groups is 1. The number of amides is 2. The number of carbonyl (C=O) groups excluding carboxylic acids is 2. The van der Waals surface area contributed by atoms with Crippen LogP contribution in [0.2, 0.25) is 0 Å². The highest BCUT2D eigenvalue weighted by molar-refractivity contribution is 6.38. The number of aliphatic carboxylic acids is 1. The van der Waals surface area contributed by atoms with Gasteiger partial charge in [-0.2, -0.15) is 0 Å². The molecule has 0 aromatic heterocycles. The number of hydrogen-bond donors (Lipinski definition) is 1. The van der Waals surface area contributed by atoms with Gasteiger partial charge in [-0.15, -0.1) is 0 Å². The SMILES string of the molecule is CCCOc1c2c(c(OCc3ccccc3)c3ccccc13)C(=O)N(c1ccc(CC(=O)O)c(F)c1)C2=O. The lowest BCUT2D eigenvalue weighted by Crippen LogP contribution is -2.29. The van der Waals surface area contributed by atoms with E-state index in [0.717, 1.165) is 16.5 Å². The lowest BCUT2D eigenvalue weighted by molar-refractivity contribution is -0.136. The topological polar surface area (TPSA) is 93.1 Å². The maximum absolute atomic E-state index is 14.7. The highest BCUT2D eigenvalue weighted by Gasteiger charge is 2.43. The van der Waals surface area contributed by atoms with Crippen LogP contribution in [0, 0.1) is 5.82 Å². The maximum Gasteiger partial charge on any atom is 0.307 e. The third-order valence-corrected chi connectivity index (χ3v) is 6.27. The fraction of sp³-hybridized carbons (Fsp3) is 0.167. The molecule has 0 spiro atoms. The van der Waals surface area contributed by atoms with E-state index in [2.05, 4.69) is 0 Å². The first-order valence-electron chi connectivity index (χ1n) is 12.2. The van der Waals surface area contributed by atoms with E-state index in [0.29, 0.717) is 23.8 Å². The lowest BCUT2D eigenvalue weighted by atomic mass is 9.99. The number of carboxylic acids is 1. The van der Waals surface area contributed by atoms with E-state index in [1.807, 2.05) is 49.4 Å². The lowest BCUT2D eigenvalue weighted by Gasteiger charge is -2.17. The molecule has 0 saturated heterocycles. The van der Waals surface area contributed by atoms with Crippen molar-refractivity contribution in [2.24, 2.45) is 0 Å². The monoisotopic (exact) mass is 513 g/mol. The van der Waals surface area contributed by atoms with Gasteiger partial charge in [-0.05, 0) is 29.7 Å². The van der Waals surface area contributed by atoms with E-state index in [4.69, 9.17) is 14.6 Å². The van der Waals surface area contributed by atoms with Crippen molar-refractivity contribution in [2.75, 3.05) is 11.5 Å². The number of halogens is 1. The van der Waals surface area contributed by atoms with Crippen LogP contribution in [0.3, 0.4) is 0 Å². The summed E-state index contributed by atoms with van der Waals surface area (Å²) in [5, 5.41) is 10.2. The number of fused-ring (bicyclic) bond motifs is 2. The van der Waals surface area contributed by atoms with Crippen LogP contribution in [0.25, 0.3) is 10.8 Å². The van der Waals surface area contributed by atoms with Crippen molar-refractivity contribution in [3.8, 4) is 11.5 Å². The van der Waals surface area contributed by atoms with Crippen molar-refractivity contribution < 1.29 is 33.4 Å². The Morgan fingerprint density at radius 2 is 1.47 bits per heavy atom. The van der Waals surface area contributed by atoms with E-state index in [1.165, 1.54) is 12.1 Å². The van der Waals surface area contributed by atoms with E-state index in [9.17, 15) is 18.8 Å². The molecule has 8 heteroatoms. The fourth-order valence-corrected chi connectivity index (χ4v) is 4.55. The predicted octanol–water partition coefficient (Wildman–Crippen LogP) is 5.77. The minimum absolute atomic E-state index is 0.0117. The number of carbonyl (C=O) groups is 3. The van der Waals surface area contributed by atoms with Gasteiger partial charge in [0, 0.05) is 10.8 Å². The van der Waals surface area contributed by atoms with E-state index >= 15 is 0 Å². The summed E-state index contributed by atoms with van der Waals surface area (Å²) in [5.74, 6) is -2.85. The Bertz CT molecular complexity index is 1570. The minimum Gasteiger partial charge on any atom is -0.492 e. The summed E-state index contributed by atoms with van der Waals surface area (Å²) in [6.45, 7) is 2.41. The summed E-state index contributed by atoms with van der Waals surface area (Å²) < 4.78 is 27.0. The molecule has 0 fully saturated rings. The van der Waals surface area contributed by atoms with Gasteiger partial charge < -0.3 is 14.6 Å². The summed E-state index contributed by atoms with van der Waals surface area (Å²) in [6.07, 6.45) is 0.156. The van der Waals surface area contributed by atoms with Crippen molar-refractivity contribution >= 4 is 34.2 Å². The molecule has 1 N–H and O–H groups in total. The molecule has 1 aliphatic heterocycles. The number of nitrogens with zero attached hydrogens (tertiary/aromatic N) is 1. The van der Waals surface area contributed by atoms with Crippen LogP contribution in [0.4, 0.5) is 10.1 Å². The Balaban J connectivity index is 1.66. The fourth-order valence-electron chi connectivity index (χ4n) is 4.55. The molecule has 192 valence electrons. The van der Waals surface area contributed by atoms with Crippen LogP contribution in [0.15, 0.2) is 72.8 Å². The molecule has 0 unspecified atom stereocenters. The molecule has 0 radical (unpaired) electrons. The van der Waals surface area contributed by atoms with Gasteiger partial charge in [0.1, 0.15) is 23.9 Å². The summed E-state index contributed by atoms with van der Waals surface area (Å²) in [5.41, 5.74) is 0.914. The van der Waals surface area contributed by atoms with Crippen LogP contribution < -0.4 is 14.4 Å². The molecule has 0 atom stereocenters. The molecule has 4 aromatic carbocycles. The van der Waals surface area contributed by atoms with Crippen LogP contribution >= 0.6 is 0 Å². The van der Waals surface area contributed by atoms with E-state index < -0.39 is 30.0 Å². The highest BCUT2D eigenvalue weighted by atomic mass is 19.1. The molecular weight excluding hydrogens is 489 g/mol. The molecule has 1 aliphatic rings. The number of benzene rings is 4. The van der Waals surface area contributed by atoms with Crippen molar-refractivity contribution in [3.05, 3.63) is 101 Å². The summed E-state index contributed by atoms with van der Waals surface area (Å²) in [6, 6.07) is 20.3. The quantitative estimate of drug-likeness (QED) is 0.286. The highest BCUT2D eigenvalue weighted by Crippen LogP contribution is 2.46. The van der Waals surface area contributed by atoms with Gasteiger partial charge in [0.2, 0.25) is 0 Å². The summed E-state index contributed by atoms with van der Waals surface area (Å²) in [4.78, 5) is 39.5. The molecule has 5 rings (SSSR count). The summed E-state index contributed by atoms with van der Waals surface area (Å²) >= 11 is 0. The van der Waals surface area contributed by atoms with Crippen LogP contribution in [-0.2, 0) is 17.8 Å². The smallest absolute Gasteiger partial charge is 0.307 e. The Labute approximate surface area is 218 Å². The average Bonchev–Trinajstić information content (AvgIpc) is 3.17. The van der Waals surface area contributed by atoms with Gasteiger partial charge in [-0.25, -0.2) is 9.29 Å². The third-order valence-electron chi connectivity index (χ3n) is 6.27. The Morgan fingerprint density at radius 1 is 0.868 bits per heavy atom. The number of rotatable bonds is 9. The maximum atomic E-state index is 14.7. The first kappa shape index (κ1) is 25.0. The second-order valence-electron chi connectivity index (χ2n) is 8.87. The average molecular weight is 514 g/mol. The minimum atomic E-state index is -1.19. The molecule has 1 heterocycles. The molecule has 0 saturated carbocycles. The van der Waals surface area contributed by atoms with Crippen LogP contribution in [0.5, 0.6) is 11.5 Å². The normalized spacial score (nSPS) is 12.6. The predicted molar refractivity (Wildman–Crippen MR) is 139 cm³/mol. The molecule has 0 bridgehead atoms. The van der Waals surface area contributed by atoms with Gasteiger partial charge in [0.15, 0.2) is 0 Å². The Hall–Kier alpha value is -4.72. The third kappa shape index (κ3) is 4.45. The van der Waals surface area contributed by atoms with Gasteiger partial charge in [-0.1, -0.05) is 67.6 Å². The van der Waals surface area contributed by atoms with E-state index in [-0.39, 0.29) is 40.5 Å². The number of carboxylic acid groups (broad SMARTS) is 1. The second-order valence-corrected chi connectivity index (χ2v) is 8.87. The first-order chi connectivity index (χ1) is 18.4. The first-order valence-corrected chi connectivity index (χ1v) is 12.2. The second kappa shape index (κ2) is 10.3. The number of ether oxygens (including phenoxy) is 2. The largest absolute Gasteiger partial charge is 0.492 e. The molecule has 38 heavy (non-hydrogen) atoms. The zero-order valence-electron chi connectivity index (χ0n) is 20.6. The van der Waals surface area contributed by atoms with Crippen molar-refractivity contribution in [2.45, 2.75) is 26.4 Å². The van der Waals surface area contributed by atoms with Crippen molar-refractivity contribution in [1.82, 2.24) is 0 Å².